The Morgan fingerprint density at radius 1 is 1.23 bits per heavy atom. The van der Waals surface area contributed by atoms with Crippen LogP contribution in [0.25, 0.3) is 0 Å². The number of aryl methyl sites for hydroxylation is 1. The van der Waals surface area contributed by atoms with Crippen molar-refractivity contribution in [3.63, 3.8) is 0 Å². The summed E-state index contributed by atoms with van der Waals surface area (Å²) in [5.74, 6) is 0.953. The summed E-state index contributed by atoms with van der Waals surface area (Å²) in [5, 5.41) is 0.726. The molecule has 0 bridgehead atoms. The summed E-state index contributed by atoms with van der Waals surface area (Å²) in [6.45, 7) is 11.0. The zero-order valence-electron chi connectivity index (χ0n) is 15.9. The van der Waals surface area contributed by atoms with Gasteiger partial charge in [-0.05, 0) is 18.2 Å². The highest BCUT2D eigenvalue weighted by molar-refractivity contribution is 6.30. The van der Waals surface area contributed by atoms with Gasteiger partial charge in [0.25, 0.3) is 5.91 Å². The van der Waals surface area contributed by atoms with Crippen LogP contribution >= 0.6 is 11.6 Å². The van der Waals surface area contributed by atoms with Crippen molar-refractivity contribution in [1.29, 1.82) is 0 Å². The van der Waals surface area contributed by atoms with E-state index in [0.717, 1.165) is 29.5 Å². The number of amides is 1. The van der Waals surface area contributed by atoms with Gasteiger partial charge in [0.15, 0.2) is 5.89 Å². The van der Waals surface area contributed by atoms with Gasteiger partial charge >= 0.3 is 0 Å². The minimum atomic E-state index is -0.232. The van der Waals surface area contributed by atoms with Crippen molar-refractivity contribution in [2.24, 2.45) is 0 Å². The minimum Gasteiger partial charge on any atom is -0.435 e. The number of hydrogen-bond donors (Lipinski definition) is 0. The second-order valence-corrected chi connectivity index (χ2v) is 8.08. The fourth-order valence-electron chi connectivity index (χ4n) is 3.15. The van der Waals surface area contributed by atoms with Crippen LogP contribution < -0.4 is 4.90 Å². The highest BCUT2D eigenvalue weighted by Gasteiger charge is 2.32. The number of rotatable bonds is 3. The molecule has 1 aliphatic rings. The first kappa shape index (κ1) is 18.8. The predicted octanol–water partition coefficient (Wildman–Crippen LogP) is 4.15. The van der Waals surface area contributed by atoms with Crippen molar-refractivity contribution in [1.82, 2.24) is 9.88 Å². The first-order chi connectivity index (χ1) is 12.3. The molecule has 1 saturated heterocycles. The maximum absolute atomic E-state index is 13.0. The SMILES string of the molecule is CCc1nc(C(C)(C)C)c(C(=O)N2CCN(c3cccc(Cl)c3)CC2)o1. The van der Waals surface area contributed by atoms with E-state index >= 15 is 0 Å². The number of carbonyl (C=O) groups excluding carboxylic acids is 1. The molecule has 2 heterocycles. The van der Waals surface area contributed by atoms with Gasteiger partial charge in [-0.25, -0.2) is 4.98 Å². The van der Waals surface area contributed by atoms with Crippen LogP contribution in [0, 0.1) is 0 Å². The van der Waals surface area contributed by atoms with Crippen molar-refractivity contribution in [2.45, 2.75) is 39.5 Å². The van der Waals surface area contributed by atoms with Gasteiger partial charge in [-0.15, -0.1) is 0 Å². The van der Waals surface area contributed by atoms with Crippen molar-refractivity contribution >= 4 is 23.2 Å². The molecular weight excluding hydrogens is 350 g/mol. The lowest BCUT2D eigenvalue weighted by molar-refractivity contribution is 0.0709. The summed E-state index contributed by atoms with van der Waals surface area (Å²) >= 11 is 6.09. The average Bonchev–Trinajstić information content (AvgIpc) is 3.06. The van der Waals surface area contributed by atoms with Crippen LogP contribution in [0.2, 0.25) is 5.02 Å². The number of anilines is 1. The Hall–Kier alpha value is -2.01. The Balaban J connectivity index is 1.74. The largest absolute Gasteiger partial charge is 0.435 e. The lowest BCUT2D eigenvalue weighted by Gasteiger charge is -2.36. The molecule has 3 rings (SSSR count). The number of carbonyl (C=O) groups is 1. The van der Waals surface area contributed by atoms with Gasteiger partial charge in [-0.2, -0.15) is 0 Å². The second kappa shape index (κ2) is 7.31. The Morgan fingerprint density at radius 2 is 1.92 bits per heavy atom. The van der Waals surface area contributed by atoms with Crippen LogP contribution in [-0.2, 0) is 11.8 Å². The lowest BCUT2D eigenvalue weighted by atomic mass is 9.90. The number of aromatic nitrogens is 1. The maximum Gasteiger partial charge on any atom is 0.291 e. The highest BCUT2D eigenvalue weighted by Crippen LogP contribution is 2.28. The molecule has 6 heteroatoms. The normalized spacial score (nSPS) is 15.4. The lowest BCUT2D eigenvalue weighted by Crippen LogP contribution is -2.49. The quantitative estimate of drug-likeness (QED) is 0.808. The van der Waals surface area contributed by atoms with Gasteiger partial charge in [0.2, 0.25) is 5.76 Å². The van der Waals surface area contributed by atoms with Gasteiger partial charge in [0.05, 0.1) is 5.69 Å². The molecule has 0 spiro atoms. The van der Waals surface area contributed by atoms with E-state index in [2.05, 4.69) is 30.7 Å². The van der Waals surface area contributed by atoms with Gasteiger partial charge in [-0.3, -0.25) is 4.79 Å². The summed E-state index contributed by atoms with van der Waals surface area (Å²) < 4.78 is 5.80. The standard InChI is InChI=1S/C20H26ClN3O2/c1-5-16-22-18(20(2,3)4)17(26-16)19(25)24-11-9-23(10-12-24)15-8-6-7-14(21)13-15/h6-8,13H,5,9-12H2,1-4H3. The Labute approximate surface area is 159 Å². The molecule has 0 N–H and O–H groups in total. The van der Waals surface area contributed by atoms with Crippen molar-refractivity contribution in [3.8, 4) is 0 Å². The third-order valence-corrected chi connectivity index (χ3v) is 4.85. The molecule has 1 fully saturated rings. The fourth-order valence-corrected chi connectivity index (χ4v) is 3.34. The molecule has 5 nitrogen and oxygen atoms in total. The summed E-state index contributed by atoms with van der Waals surface area (Å²) in [5.41, 5.74) is 1.61. The molecule has 0 saturated carbocycles. The number of benzene rings is 1. The first-order valence-electron chi connectivity index (χ1n) is 9.09. The molecule has 1 amide bonds. The molecule has 0 radical (unpaired) electrons. The van der Waals surface area contributed by atoms with Gasteiger partial charge in [0, 0.05) is 48.7 Å². The second-order valence-electron chi connectivity index (χ2n) is 7.65. The molecule has 26 heavy (non-hydrogen) atoms. The number of piperazine rings is 1. The first-order valence-corrected chi connectivity index (χ1v) is 9.47. The van der Waals surface area contributed by atoms with Crippen LogP contribution in [0.15, 0.2) is 28.7 Å². The van der Waals surface area contributed by atoms with Crippen molar-refractivity contribution < 1.29 is 9.21 Å². The Morgan fingerprint density at radius 3 is 2.50 bits per heavy atom. The fraction of sp³-hybridized carbons (Fsp3) is 0.500. The topological polar surface area (TPSA) is 49.6 Å². The van der Waals surface area contributed by atoms with Gasteiger partial charge in [0.1, 0.15) is 0 Å². The van der Waals surface area contributed by atoms with Crippen LogP contribution in [0.1, 0.15) is 49.8 Å². The zero-order valence-corrected chi connectivity index (χ0v) is 16.6. The highest BCUT2D eigenvalue weighted by atomic mass is 35.5. The Kier molecular flexibility index (Phi) is 5.28. The molecule has 1 aromatic heterocycles. The summed E-state index contributed by atoms with van der Waals surface area (Å²) in [4.78, 5) is 21.7. The van der Waals surface area contributed by atoms with Crippen LogP contribution in [0.4, 0.5) is 5.69 Å². The van der Waals surface area contributed by atoms with E-state index in [9.17, 15) is 4.79 Å². The summed E-state index contributed by atoms with van der Waals surface area (Å²) in [7, 11) is 0. The molecule has 1 aromatic carbocycles. The smallest absolute Gasteiger partial charge is 0.291 e. The van der Waals surface area contributed by atoms with E-state index in [4.69, 9.17) is 16.0 Å². The third-order valence-electron chi connectivity index (χ3n) is 4.62. The summed E-state index contributed by atoms with van der Waals surface area (Å²) in [6, 6.07) is 7.82. The number of oxazole rings is 1. The van der Waals surface area contributed by atoms with E-state index < -0.39 is 0 Å². The zero-order chi connectivity index (χ0) is 18.9. The average molecular weight is 376 g/mol. The van der Waals surface area contributed by atoms with E-state index in [1.165, 1.54) is 0 Å². The van der Waals surface area contributed by atoms with Crippen molar-refractivity contribution in [2.75, 3.05) is 31.1 Å². The molecule has 1 aliphatic heterocycles. The molecule has 0 aliphatic carbocycles. The van der Waals surface area contributed by atoms with E-state index in [-0.39, 0.29) is 11.3 Å². The Bertz CT molecular complexity index is 787. The van der Waals surface area contributed by atoms with Crippen molar-refractivity contribution in [3.05, 3.63) is 46.6 Å². The predicted molar refractivity (Wildman–Crippen MR) is 104 cm³/mol. The number of halogens is 1. The number of nitrogens with zero attached hydrogens (tertiary/aromatic N) is 3. The monoisotopic (exact) mass is 375 g/mol. The molecule has 2 aromatic rings. The van der Waals surface area contributed by atoms with Gasteiger partial charge in [-0.1, -0.05) is 45.4 Å². The van der Waals surface area contributed by atoms with E-state index in [0.29, 0.717) is 31.2 Å². The maximum atomic E-state index is 13.0. The van der Waals surface area contributed by atoms with Crippen LogP contribution in [0.3, 0.4) is 0 Å². The van der Waals surface area contributed by atoms with Gasteiger partial charge < -0.3 is 14.2 Å². The number of hydrogen-bond acceptors (Lipinski definition) is 4. The molecule has 140 valence electrons. The third kappa shape index (κ3) is 3.88. The van der Waals surface area contributed by atoms with E-state index in [1.807, 2.05) is 36.1 Å². The molecule has 0 atom stereocenters. The van der Waals surface area contributed by atoms with Crippen LogP contribution in [0.5, 0.6) is 0 Å². The van der Waals surface area contributed by atoms with Crippen LogP contribution in [-0.4, -0.2) is 42.0 Å². The molecule has 0 unspecified atom stereocenters. The molecular formula is C20H26ClN3O2. The van der Waals surface area contributed by atoms with E-state index in [1.54, 1.807) is 0 Å². The summed E-state index contributed by atoms with van der Waals surface area (Å²) in [6.07, 6.45) is 0.679. The minimum absolute atomic E-state index is 0.0622.